The molecule has 124 valence electrons. The van der Waals surface area contributed by atoms with Crippen molar-refractivity contribution < 1.29 is 4.42 Å². The second kappa shape index (κ2) is 6.70. The highest BCUT2D eigenvalue weighted by molar-refractivity contribution is 7.13. The molecule has 24 heavy (non-hydrogen) atoms. The monoisotopic (exact) mass is 341 g/mol. The third-order valence-electron chi connectivity index (χ3n) is 4.10. The van der Waals surface area contributed by atoms with Crippen molar-refractivity contribution in [2.45, 2.75) is 13.5 Å². The Kier molecular flexibility index (Phi) is 4.27. The fraction of sp³-hybridized carbons (Fsp3) is 0.353. The molecule has 7 heteroatoms. The van der Waals surface area contributed by atoms with E-state index in [-0.39, 0.29) is 0 Å². The molecule has 3 aromatic heterocycles. The van der Waals surface area contributed by atoms with Crippen LogP contribution in [0.5, 0.6) is 0 Å². The van der Waals surface area contributed by atoms with Crippen LogP contribution in [0.15, 0.2) is 40.4 Å². The summed E-state index contributed by atoms with van der Waals surface area (Å²) in [6.45, 7) is 6.69. The maximum atomic E-state index is 5.65. The number of hydrogen-bond acceptors (Lipinski definition) is 7. The highest BCUT2D eigenvalue weighted by atomic mass is 32.1. The van der Waals surface area contributed by atoms with E-state index in [4.69, 9.17) is 9.40 Å². The van der Waals surface area contributed by atoms with E-state index in [0.717, 1.165) is 60.9 Å². The van der Waals surface area contributed by atoms with Crippen molar-refractivity contribution in [1.82, 2.24) is 19.9 Å². The molecule has 0 N–H and O–H groups in total. The lowest BCUT2D eigenvalue weighted by Crippen LogP contribution is -2.46. The van der Waals surface area contributed by atoms with Gasteiger partial charge in [-0.3, -0.25) is 4.90 Å². The molecule has 1 aliphatic rings. The van der Waals surface area contributed by atoms with Gasteiger partial charge in [-0.1, -0.05) is 0 Å². The van der Waals surface area contributed by atoms with Crippen molar-refractivity contribution in [3.8, 4) is 10.8 Å². The predicted molar refractivity (Wildman–Crippen MR) is 94.1 cm³/mol. The molecule has 0 saturated carbocycles. The van der Waals surface area contributed by atoms with Crippen LogP contribution in [0.2, 0.25) is 0 Å². The van der Waals surface area contributed by atoms with Crippen LogP contribution in [0, 0.1) is 6.92 Å². The van der Waals surface area contributed by atoms with Gasteiger partial charge < -0.3 is 9.32 Å². The molecule has 0 atom stereocenters. The summed E-state index contributed by atoms with van der Waals surface area (Å²) >= 11 is 1.64. The van der Waals surface area contributed by atoms with Crippen molar-refractivity contribution in [1.29, 1.82) is 0 Å². The average Bonchev–Trinajstić information content (AvgIpc) is 3.25. The quantitative estimate of drug-likeness (QED) is 0.727. The summed E-state index contributed by atoms with van der Waals surface area (Å²) in [7, 11) is 0. The molecule has 0 amide bonds. The van der Waals surface area contributed by atoms with E-state index in [9.17, 15) is 0 Å². The number of piperazine rings is 1. The Morgan fingerprint density at radius 1 is 1.12 bits per heavy atom. The van der Waals surface area contributed by atoms with Gasteiger partial charge in [-0.2, -0.15) is 0 Å². The molecule has 3 aromatic rings. The molecule has 0 unspecified atom stereocenters. The van der Waals surface area contributed by atoms with E-state index < -0.39 is 0 Å². The smallest absolute Gasteiger partial charge is 0.225 e. The van der Waals surface area contributed by atoms with Crippen LogP contribution < -0.4 is 4.90 Å². The second-order valence-electron chi connectivity index (χ2n) is 5.87. The number of aryl methyl sites for hydroxylation is 1. The summed E-state index contributed by atoms with van der Waals surface area (Å²) in [6.07, 6.45) is 3.59. The maximum Gasteiger partial charge on any atom is 0.225 e. The fourth-order valence-corrected chi connectivity index (χ4v) is 3.60. The molecule has 1 fully saturated rings. The first-order valence-electron chi connectivity index (χ1n) is 8.03. The summed E-state index contributed by atoms with van der Waals surface area (Å²) in [4.78, 5) is 18.0. The largest absolute Gasteiger partial charge is 0.459 e. The highest BCUT2D eigenvalue weighted by Crippen LogP contribution is 2.26. The second-order valence-corrected chi connectivity index (χ2v) is 6.72. The first-order chi connectivity index (χ1) is 11.8. The summed E-state index contributed by atoms with van der Waals surface area (Å²) in [5, 5.41) is 3.08. The number of aromatic nitrogens is 3. The maximum absolute atomic E-state index is 5.65. The van der Waals surface area contributed by atoms with Gasteiger partial charge in [0.05, 0.1) is 5.69 Å². The lowest BCUT2D eigenvalue weighted by molar-refractivity contribution is 0.246. The number of anilines is 1. The zero-order valence-electron chi connectivity index (χ0n) is 13.6. The third-order valence-corrected chi connectivity index (χ3v) is 5.00. The van der Waals surface area contributed by atoms with E-state index in [1.807, 2.05) is 25.1 Å². The molecule has 0 bridgehead atoms. The zero-order valence-corrected chi connectivity index (χ0v) is 14.4. The molecule has 6 nitrogen and oxygen atoms in total. The minimum Gasteiger partial charge on any atom is -0.459 e. The van der Waals surface area contributed by atoms with E-state index >= 15 is 0 Å². The molecule has 1 saturated heterocycles. The van der Waals surface area contributed by atoms with Gasteiger partial charge in [0.15, 0.2) is 10.8 Å². The van der Waals surface area contributed by atoms with Crippen molar-refractivity contribution in [2.75, 3.05) is 31.1 Å². The number of rotatable bonds is 4. The van der Waals surface area contributed by atoms with Gasteiger partial charge in [-0.05, 0) is 25.1 Å². The van der Waals surface area contributed by atoms with Crippen LogP contribution in [-0.4, -0.2) is 46.0 Å². The Morgan fingerprint density at radius 3 is 2.62 bits per heavy atom. The molecular formula is C17H19N5OS. The van der Waals surface area contributed by atoms with Gasteiger partial charge >= 0.3 is 0 Å². The number of nitrogens with zero attached hydrogens (tertiary/aromatic N) is 5. The Bertz CT molecular complexity index is 792. The molecule has 0 aromatic carbocycles. The first-order valence-corrected chi connectivity index (χ1v) is 8.91. The molecule has 1 aliphatic heterocycles. The van der Waals surface area contributed by atoms with Gasteiger partial charge in [0, 0.05) is 50.5 Å². The van der Waals surface area contributed by atoms with Crippen LogP contribution in [0.25, 0.3) is 10.8 Å². The van der Waals surface area contributed by atoms with Crippen molar-refractivity contribution in [3.63, 3.8) is 0 Å². The van der Waals surface area contributed by atoms with Crippen molar-refractivity contribution in [2.24, 2.45) is 0 Å². The lowest BCUT2D eigenvalue weighted by atomic mass is 10.3. The topological polar surface area (TPSA) is 58.3 Å². The Hall–Kier alpha value is -2.25. The van der Waals surface area contributed by atoms with Crippen LogP contribution in [-0.2, 0) is 6.54 Å². The molecule has 0 spiro atoms. The normalized spacial score (nSPS) is 15.8. The van der Waals surface area contributed by atoms with Gasteiger partial charge in [-0.15, -0.1) is 11.3 Å². The lowest BCUT2D eigenvalue weighted by Gasteiger charge is -2.34. The van der Waals surface area contributed by atoms with Crippen LogP contribution in [0.4, 0.5) is 5.95 Å². The summed E-state index contributed by atoms with van der Waals surface area (Å²) in [6, 6.07) is 5.80. The average molecular weight is 341 g/mol. The van der Waals surface area contributed by atoms with Crippen LogP contribution in [0.3, 0.4) is 0 Å². The number of furan rings is 1. The van der Waals surface area contributed by atoms with Crippen LogP contribution in [0.1, 0.15) is 11.5 Å². The highest BCUT2D eigenvalue weighted by Gasteiger charge is 2.19. The summed E-state index contributed by atoms with van der Waals surface area (Å²) in [5.74, 6) is 2.59. The molecular weight excluding hydrogens is 322 g/mol. The van der Waals surface area contributed by atoms with Gasteiger partial charge in [0.2, 0.25) is 5.95 Å². The van der Waals surface area contributed by atoms with E-state index in [1.54, 1.807) is 23.7 Å². The third kappa shape index (κ3) is 3.32. The minimum atomic E-state index is 0.821. The van der Waals surface area contributed by atoms with E-state index in [2.05, 4.69) is 25.1 Å². The molecule has 4 heterocycles. The first kappa shape index (κ1) is 15.3. The van der Waals surface area contributed by atoms with Crippen molar-refractivity contribution >= 4 is 17.3 Å². The Morgan fingerprint density at radius 2 is 1.92 bits per heavy atom. The molecule has 0 aliphatic carbocycles. The van der Waals surface area contributed by atoms with Crippen molar-refractivity contribution in [3.05, 3.63) is 47.4 Å². The minimum absolute atomic E-state index is 0.821. The zero-order chi connectivity index (χ0) is 16.4. The standard InChI is InChI=1S/C17H19N5OS/c1-13-3-4-15(23-13)16-20-14(12-24-16)11-21-7-9-22(10-8-21)17-18-5-2-6-19-17/h2-6,12H,7-11H2,1H3. The van der Waals surface area contributed by atoms with E-state index in [0.29, 0.717) is 0 Å². The molecule has 0 radical (unpaired) electrons. The summed E-state index contributed by atoms with van der Waals surface area (Å²) < 4.78 is 5.65. The van der Waals surface area contributed by atoms with Gasteiger partial charge in [0.1, 0.15) is 5.76 Å². The number of hydrogen-bond donors (Lipinski definition) is 0. The fourth-order valence-electron chi connectivity index (χ4n) is 2.83. The SMILES string of the molecule is Cc1ccc(-c2nc(CN3CCN(c4ncccn4)CC3)cs2)o1. The van der Waals surface area contributed by atoms with E-state index in [1.165, 1.54) is 0 Å². The molecule has 4 rings (SSSR count). The summed E-state index contributed by atoms with van der Waals surface area (Å²) in [5.41, 5.74) is 1.11. The van der Waals surface area contributed by atoms with Gasteiger partial charge in [-0.25, -0.2) is 15.0 Å². The Labute approximate surface area is 144 Å². The van der Waals surface area contributed by atoms with Crippen LogP contribution >= 0.6 is 11.3 Å². The predicted octanol–water partition coefficient (Wildman–Crippen LogP) is 2.82. The van der Waals surface area contributed by atoms with Gasteiger partial charge in [0.25, 0.3) is 0 Å². The Balaban J connectivity index is 1.35. The number of thiazole rings is 1.